The number of fused-ring (bicyclic) bond motifs is 1. The van der Waals surface area contributed by atoms with Gasteiger partial charge in [-0.2, -0.15) is 0 Å². The minimum Gasteiger partial charge on any atom is -0.444 e. The Morgan fingerprint density at radius 1 is 1.44 bits per heavy atom. The number of rotatable bonds is 0. The highest BCUT2D eigenvalue weighted by molar-refractivity contribution is 5.68. The van der Waals surface area contributed by atoms with E-state index in [0.717, 1.165) is 31.8 Å². The van der Waals surface area contributed by atoms with Crippen LogP contribution in [0.25, 0.3) is 0 Å². The number of hydrogen-bond donors (Lipinski definition) is 1. The fourth-order valence-electron chi connectivity index (χ4n) is 2.63. The molecule has 1 amide bonds. The van der Waals surface area contributed by atoms with Crippen molar-refractivity contribution in [2.75, 3.05) is 13.1 Å². The summed E-state index contributed by atoms with van der Waals surface area (Å²) in [6.45, 7) is 7.29. The summed E-state index contributed by atoms with van der Waals surface area (Å²) in [6, 6.07) is 0.287. The molecule has 1 saturated heterocycles. The molecule has 2 fully saturated rings. The third kappa shape index (κ3) is 2.32. The molecule has 2 aliphatic rings. The van der Waals surface area contributed by atoms with Crippen molar-refractivity contribution in [2.24, 2.45) is 17.6 Å². The molecule has 0 spiro atoms. The maximum absolute atomic E-state index is 11.9. The van der Waals surface area contributed by atoms with Crippen LogP contribution >= 0.6 is 0 Å². The van der Waals surface area contributed by atoms with E-state index in [-0.39, 0.29) is 12.1 Å². The Kier molecular flexibility index (Phi) is 2.86. The van der Waals surface area contributed by atoms with Gasteiger partial charge in [-0.25, -0.2) is 4.79 Å². The maximum atomic E-state index is 11.9. The number of nitrogens with two attached hydrogens (primary N) is 1. The maximum Gasteiger partial charge on any atom is 0.410 e. The number of piperidine rings is 1. The Hall–Kier alpha value is -0.770. The van der Waals surface area contributed by atoms with E-state index < -0.39 is 5.60 Å². The predicted octanol–water partition coefficient (Wildman–Crippen LogP) is 1.59. The number of amides is 1. The predicted molar refractivity (Wildman–Crippen MR) is 62.0 cm³/mol. The van der Waals surface area contributed by atoms with Crippen LogP contribution in [-0.4, -0.2) is 35.7 Å². The summed E-state index contributed by atoms with van der Waals surface area (Å²) in [7, 11) is 0. The van der Waals surface area contributed by atoms with E-state index in [2.05, 4.69) is 0 Å². The van der Waals surface area contributed by atoms with Crippen molar-refractivity contribution in [2.45, 2.75) is 45.3 Å². The molecule has 1 aliphatic carbocycles. The van der Waals surface area contributed by atoms with E-state index in [0.29, 0.717) is 5.92 Å². The minimum atomic E-state index is -0.407. The lowest BCUT2D eigenvalue weighted by Gasteiger charge is -2.49. The van der Waals surface area contributed by atoms with Gasteiger partial charge in [-0.1, -0.05) is 0 Å². The molecule has 4 nitrogen and oxygen atoms in total. The summed E-state index contributed by atoms with van der Waals surface area (Å²) in [5, 5.41) is 0. The van der Waals surface area contributed by atoms with E-state index in [4.69, 9.17) is 10.5 Å². The van der Waals surface area contributed by atoms with Crippen molar-refractivity contribution >= 4 is 6.09 Å². The lowest BCUT2D eigenvalue weighted by atomic mass is 9.66. The lowest BCUT2D eigenvalue weighted by Crippen LogP contribution is -2.58. The fourth-order valence-corrected chi connectivity index (χ4v) is 2.63. The van der Waals surface area contributed by atoms with Crippen LogP contribution in [0.1, 0.15) is 33.6 Å². The Morgan fingerprint density at radius 3 is 2.69 bits per heavy atom. The molecule has 0 aromatic rings. The first-order valence-electron chi connectivity index (χ1n) is 6.10. The van der Waals surface area contributed by atoms with E-state index in [1.54, 1.807) is 0 Å². The number of carbonyl (C=O) groups excluding carboxylic acids is 1. The molecule has 0 aromatic heterocycles. The molecule has 0 radical (unpaired) electrons. The van der Waals surface area contributed by atoms with Crippen molar-refractivity contribution in [3.8, 4) is 0 Å². The highest BCUT2D eigenvalue weighted by atomic mass is 16.6. The molecular weight excluding hydrogens is 204 g/mol. The lowest BCUT2D eigenvalue weighted by molar-refractivity contribution is -0.0119. The van der Waals surface area contributed by atoms with Gasteiger partial charge in [0.15, 0.2) is 0 Å². The highest BCUT2D eigenvalue weighted by Gasteiger charge is 2.43. The molecule has 3 atom stereocenters. The molecule has 92 valence electrons. The monoisotopic (exact) mass is 226 g/mol. The molecular formula is C12H22N2O2. The normalized spacial score (nSPS) is 34.0. The van der Waals surface area contributed by atoms with Gasteiger partial charge in [0.25, 0.3) is 0 Å². The summed E-state index contributed by atoms with van der Waals surface area (Å²) in [6.07, 6.45) is 2.02. The molecule has 2 rings (SSSR count). The molecule has 1 heterocycles. The SMILES string of the molecule is CC(C)(C)OC(=O)N1CC[C@H]2C[C@@H](N)[C@H]2C1. The Labute approximate surface area is 97.1 Å². The van der Waals surface area contributed by atoms with E-state index >= 15 is 0 Å². The van der Waals surface area contributed by atoms with Crippen LogP contribution in [-0.2, 0) is 4.74 Å². The van der Waals surface area contributed by atoms with Crippen LogP contribution in [0.2, 0.25) is 0 Å². The van der Waals surface area contributed by atoms with Crippen molar-refractivity contribution in [3.63, 3.8) is 0 Å². The van der Waals surface area contributed by atoms with Gasteiger partial charge >= 0.3 is 6.09 Å². The Balaban J connectivity index is 1.88. The Bertz CT molecular complexity index is 285. The molecule has 1 saturated carbocycles. The van der Waals surface area contributed by atoms with Crippen molar-refractivity contribution in [1.29, 1.82) is 0 Å². The second-order valence-corrected chi connectivity index (χ2v) is 6.04. The zero-order chi connectivity index (χ0) is 11.9. The van der Waals surface area contributed by atoms with E-state index in [1.165, 1.54) is 0 Å². The minimum absolute atomic E-state index is 0.190. The molecule has 0 unspecified atom stereocenters. The van der Waals surface area contributed by atoms with E-state index in [9.17, 15) is 4.79 Å². The second-order valence-electron chi connectivity index (χ2n) is 6.04. The van der Waals surface area contributed by atoms with Gasteiger partial charge in [0.05, 0.1) is 0 Å². The second kappa shape index (κ2) is 3.91. The molecule has 2 N–H and O–H groups in total. The quantitative estimate of drug-likeness (QED) is 0.682. The number of ether oxygens (including phenoxy) is 1. The molecule has 4 heteroatoms. The third-order valence-corrected chi connectivity index (χ3v) is 3.58. The number of carbonyl (C=O) groups is 1. The summed E-state index contributed by atoms with van der Waals surface area (Å²) < 4.78 is 5.37. The zero-order valence-corrected chi connectivity index (χ0v) is 10.4. The first kappa shape index (κ1) is 11.7. The van der Waals surface area contributed by atoms with Crippen LogP contribution < -0.4 is 5.73 Å². The zero-order valence-electron chi connectivity index (χ0n) is 10.4. The molecule has 0 bridgehead atoms. The first-order chi connectivity index (χ1) is 7.37. The summed E-state index contributed by atoms with van der Waals surface area (Å²) in [5.41, 5.74) is 5.54. The van der Waals surface area contributed by atoms with Crippen LogP contribution in [0.4, 0.5) is 4.79 Å². The van der Waals surface area contributed by atoms with Gasteiger partial charge in [0.1, 0.15) is 5.60 Å². The van der Waals surface area contributed by atoms with Crippen LogP contribution in [0.3, 0.4) is 0 Å². The van der Waals surface area contributed by atoms with Crippen molar-refractivity contribution < 1.29 is 9.53 Å². The van der Waals surface area contributed by atoms with Gasteiger partial charge in [0.2, 0.25) is 0 Å². The van der Waals surface area contributed by atoms with Gasteiger partial charge in [-0.3, -0.25) is 0 Å². The molecule has 1 aliphatic heterocycles. The third-order valence-electron chi connectivity index (χ3n) is 3.58. The summed E-state index contributed by atoms with van der Waals surface area (Å²) >= 11 is 0. The van der Waals surface area contributed by atoms with Crippen molar-refractivity contribution in [3.05, 3.63) is 0 Å². The van der Waals surface area contributed by atoms with Crippen molar-refractivity contribution in [1.82, 2.24) is 4.90 Å². The van der Waals surface area contributed by atoms with Gasteiger partial charge in [-0.05, 0) is 45.4 Å². The Morgan fingerprint density at radius 2 is 2.12 bits per heavy atom. The van der Waals surface area contributed by atoms with Gasteiger partial charge in [-0.15, -0.1) is 0 Å². The van der Waals surface area contributed by atoms with Crippen LogP contribution in [0.5, 0.6) is 0 Å². The van der Waals surface area contributed by atoms with Crippen LogP contribution in [0, 0.1) is 11.8 Å². The smallest absolute Gasteiger partial charge is 0.410 e. The van der Waals surface area contributed by atoms with Gasteiger partial charge in [0, 0.05) is 19.1 Å². The topological polar surface area (TPSA) is 55.6 Å². The average Bonchev–Trinajstić information content (AvgIpc) is 2.13. The standard InChI is InChI=1S/C12H22N2O2/c1-12(2,3)16-11(15)14-5-4-8-6-10(13)9(8)7-14/h8-10H,4-7,13H2,1-3H3/t8-,9-,10+/m0/s1. The number of hydrogen-bond acceptors (Lipinski definition) is 3. The van der Waals surface area contributed by atoms with E-state index in [1.807, 2.05) is 25.7 Å². The van der Waals surface area contributed by atoms with Crippen LogP contribution in [0.15, 0.2) is 0 Å². The first-order valence-corrected chi connectivity index (χ1v) is 6.10. The summed E-state index contributed by atoms with van der Waals surface area (Å²) in [5.74, 6) is 1.25. The summed E-state index contributed by atoms with van der Waals surface area (Å²) in [4.78, 5) is 13.7. The average molecular weight is 226 g/mol. The highest BCUT2D eigenvalue weighted by Crippen LogP contribution is 2.39. The van der Waals surface area contributed by atoms with Gasteiger partial charge < -0.3 is 15.4 Å². The molecule has 0 aromatic carbocycles. The molecule has 16 heavy (non-hydrogen) atoms. The largest absolute Gasteiger partial charge is 0.444 e. The number of nitrogens with zero attached hydrogens (tertiary/aromatic N) is 1. The number of likely N-dealkylation sites (tertiary alicyclic amines) is 1. The fraction of sp³-hybridized carbons (Fsp3) is 0.917.